The molecule has 0 saturated carbocycles. The topological polar surface area (TPSA) is 58.2 Å². The Balaban J connectivity index is 2.04. The SMILES string of the molecule is Cc1ccc(NC(=O)C(=O)Nc2cc(C)ccc2C)cc1. The first kappa shape index (κ1) is 14.8. The molecule has 21 heavy (non-hydrogen) atoms. The van der Waals surface area contributed by atoms with Crippen molar-refractivity contribution in [2.75, 3.05) is 10.6 Å². The van der Waals surface area contributed by atoms with Crippen molar-refractivity contribution in [2.45, 2.75) is 20.8 Å². The highest BCUT2D eigenvalue weighted by Crippen LogP contribution is 2.16. The smallest absolute Gasteiger partial charge is 0.314 e. The third kappa shape index (κ3) is 3.92. The standard InChI is InChI=1S/C17H18N2O2/c1-11-5-8-14(9-6-11)18-16(20)17(21)19-15-10-12(2)4-7-13(15)3/h4-10H,1-3H3,(H,18,20)(H,19,21). The van der Waals surface area contributed by atoms with Gasteiger partial charge in [-0.1, -0.05) is 29.8 Å². The van der Waals surface area contributed by atoms with Gasteiger partial charge >= 0.3 is 11.8 Å². The van der Waals surface area contributed by atoms with Gasteiger partial charge in [-0.2, -0.15) is 0 Å². The van der Waals surface area contributed by atoms with E-state index in [1.165, 1.54) is 0 Å². The molecule has 2 amide bonds. The number of anilines is 2. The number of carbonyl (C=O) groups is 2. The molecule has 2 aromatic rings. The molecule has 0 fully saturated rings. The summed E-state index contributed by atoms with van der Waals surface area (Å²) in [5, 5.41) is 5.20. The molecule has 0 aliphatic carbocycles. The van der Waals surface area contributed by atoms with Crippen LogP contribution in [0, 0.1) is 20.8 Å². The van der Waals surface area contributed by atoms with Crippen molar-refractivity contribution in [2.24, 2.45) is 0 Å². The van der Waals surface area contributed by atoms with Gasteiger partial charge in [0.1, 0.15) is 0 Å². The van der Waals surface area contributed by atoms with Crippen LogP contribution in [0.4, 0.5) is 11.4 Å². The molecule has 0 saturated heterocycles. The summed E-state index contributed by atoms with van der Waals surface area (Å²) in [4.78, 5) is 23.8. The number of carbonyl (C=O) groups excluding carboxylic acids is 2. The molecular formula is C17H18N2O2. The molecule has 0 radical (unpaired) electrons. The Morgan fingerprint density at radius 1 is 0.762 bits per heavy atom. The normalized spacial score (nSPS) is 10.0. The lowest BCUT2D eigenvalue weighted by Gasteiger charge is -2.09. The summed E-state index contributed by atoms with van der Waals surface area (Å²) in [6, 6.07) is 13.0. The Morgan fingerprint density at radius 2 is 1.33 bits per heavy atom. The van der Waals surface area contributed by atoms with E-state index in [1.807, 2.05) is 51.1 Å². The minimum absolute atomic E-state index is 0.599. The van der Waals surface area contributed by atoms with Crippen molar-refractivity contribution in [3.05, 3.63) is 59.2 Å². The van der Waals surface area contributed by atoms with Crippen LogP contribution in [0.3, 0.4) is 0 Å². The highest BCUT2D eigenvalue weighted by molar-refractivity contribution is 6.43. The first-order valence-corrected chi connectivity index (χ1v) is 6.72. The van der Waals surface area contributed by atoms with Gasteiger partial charge in [0.15, 0.2) is 0 Å². The maximum absolute atomic E-state index is 11.9. The summed E-state index contributed by atoms with van der Waals surface area (Å²) in [6.07, 6.45) is 0. The quantitative estimate of drug-likeness (QED) is 0.831. The largest absolute Gasteiger partial charge is 0.318 e. The number of hydrogen-bond donors (Lipinski definition) is 2. The Kier molecular flexibility index (Phi) is 4.38. The maximum Gasteiger partial charge on any atom is 0.314 e. The molecule has 0 unspecified atom stereocenters. The van der Waals surface area contributed by atoms with E-state index in [0.717, 1.165) is 16.7 Å². The lowest BCUT2D eigenvalue weighted by atomic mass is 10.1. The second-order valence-corrected chi connectivity index (χ2v) is 5.09. The van der Waals surface area contributed by atoms with Crippen LogP contribution in [-0.4, -0.2) is 11.8 Å². The van der Waals surface area contributed by atoms with Gasteiger partial charge in [-0.15, -0.1) is 0 Å². The predicted octanol–water partition coefficient (Wildman–Crippen LogP) is 3.19. The first-order valence-electron chi connectivity index (χ1n) is 6.72. The van der Waals surface area contributed by atoms with Crippen LogP contribution in [0.2, 0.25) is 0 Å². The fourth-order valence-electron chi connectivity index (χ4n) is 1.87. The van der Waals surface area contributed by atoms with Crippen LogP contribution < -0.4 is 10.6 Å². The molecule has 2 N–H and O–H groups in total. The molecule has 0 spiro atoms. The zero-order valence-corrected chi connectivity index (χ0v) is 12.4. The number of nitrogens with one attached hydrogen (secondary N) is 2. The Bertz CT molecular complexity index is 676. The van der Waals surface area contributed by atoms with Gasteiger partial charge in [-0.3, -0.25) is 9.59 Å². The van der Waals surface area contributed by atoms with Crippen LogP contribution in [0.1, 0.15) is 16.7 Å². The first-order chi connectivity index (χ1) is 9.95. The summed E-state index contributed by atoms with van der Waals surface area (Å²) in [5.41, 5.74) is 4.28. The molecular weight excluding hydrogens is 264 g/mol. The van der Waals surface area contributed by atoms with Gasteiger partial charge in [0.25, 0.3) is 0 Å². The van der Waals surface area contributed by atoms with Crippen LogP contribution >= 0.6 is 0 Å². The number of aryl methyl sites for hydroxylation is 3. The Labute approximate surface area is 124 Å². The number of hydrogen-bond acceptors (Lipinski definition) is 2. The lowest BCUT2D eigenvalue weighted by molar-refractivity contribution is -0.133. The third-order valence-corrected chi connectivity index (χ3v) is 3.16. The molecule has 0 bridgehead atoms. The number of amides is 2. The minimum Gasteiger partial charge on any atom is -0.318 e. The van der Waals surface area contributed by atoms with E-state index in [-0.39, 0.29) is 0 Å². The molecule has 0 atom stereocenters. The summed E-state index contributed by atoms with van der Waals surface area (Å²) in [5.74, 6) is -1.36. The van der Waals surface area contributed by atoms with Gasteiger partial charge in [0.2, 0.25) is 0 Å². The molecule has 0 heterocycles. The third-order valence-electron chi connectivity index (χ3n) is 3.16. The van der Waals surface area contributed by atoms with Crippen LogP contribution in [0.5, 0.6) is 0 Å². The van der Waals surface area contributed by atoms with Gasteiger partial charge in [0, 0.05) is 11.4 Å². The Hall–Kier alpha value is -2.62. The monoisotopic (exact) mass is 282 g/mol. The van der Waals surface area contributed by atoms with Crippen molar-refractivity contribution < 1.29 is 9.59 Å². The summed E-state index contributed by atoms with van der Waals surface area (Å²) in [7, 11) is 0. The van der Waals surface area contributed by atoms with Gasteiger partial charge in [-0.25, -0.2) is 0 Å². The van der Waals surface area contributed by atoms with Crippen LogP contribution in [0.25, 0.3) is 0 Å². The molecule has 0 aliphatic heterocycles. The minimum atomic E-state index is -0.681. The molecule has 2 aromatic carbocycles. The summed E-state index contributed by atoms with van der Waals surface area (Å²) < 4.78 is 0. The average Bonchev–Trinajstić information content (AvgIpc) is 2.45. The van der Waals surface area contributed by atoms with E-state index in [2.05, 4.69) is 10.6 Å². The van der Waals surface area contributed by atoms with Crippen molar-refractivity contribution in [3.63, 3.8) is 0 Å². The van der Waals surface area contributed by atoms with Gasteiger partial charge in [-0.05, 0) is 50.1 Å². The predicted molar refractivity (Wildman–Crippen MR) is 84.4 cm³/mol. The van der Waals surface area contributed by atoms with E-state index < -0.39 is 11.8 Å². The second kappa shape index (κ2) is 6.22. The van der Waals surface area contributed by atoms with Crippen LogP contribution in [-0.2, 0) is 9.59 Å². The maximum atomic E-state index is 11.9. The van der Waals surface area contributed by atoms with Crippen molar-refractivity contribution >= 4 is 23.2 Å². The zero-order valence-electron chi connectivity index (χ0n) is 12.4. The molecule has 4 nitrogen and oxygen atoms in total. The molecule has 4 heteroatoms. The van der Waals surface area contributed by atoms with E-state index >= 15 is 0 Å². The zero-order chi connectivity index (χ0) is 15.4. The van der Waals surface area contributed by atoms with Crippen molar-refractivity contribution in [1.29, 1.82) is 0 Å². The van der Waals surface area contributed by atoms with E-state index in [1.54, 1.807) is 12.1 Å². The molecule has 0 aromatic heterocycles. The molecule has 108 valence electrons. The van der Waals surface area contributed by atoms with Crippen molar-refractivity contribution in [1.82, 2.24) is 0 Å². The lowest BCUT2D eigenvalue weighted by Crippen LogP contribution is -2.29. The highest BCUT2D eigenvalue weighted by Gasteiger charge is 2.14. The summed E-state index contributed by atoms with van der Waals surface area (Å²) >= 11 is 0. The van der Waals surface area contributed by atoms with Crippen molar-refractivity contribution in [3.8, 4) is 0 Å². The fraction of sp³-hybridized carbons (Fsp3) is 0.176. The van der Waals surface area contributed by atoms with E-state index in [0.29, 0.717) is 11.4 Å². The Morgan fingerprint density at radius 3 is 2.00 bits per heavy atom. The second-order valence-electron chi connectivity index (χ2n) is 5.09. The number of rotatable bonds is 2. The van der Waals surface area contributed by atoms with Crippen LogP contribution in [0.15, 0.2) is 42.5 Å². The summed E-state index contributed by atoms with van der Waals surface area (Å²) in [6.45, 7) is 5.77. The molecule has 2 rings (SSSR count). The van der Waals surface area contributed by atoms with E-state index in [4.69, 9.17) is 0 Å². The number of benzene rings is 2. The average molecular weight is 282 g/mol. The fourth-order valence-corrected chi connectivity index (χ4v) is 1.87. The van der Waals surface area contributed by atoms with E-state index in [9.17, 15) is 9.59 Å². The van der Waals surface area contributed by atoms with Gasteiger partial charge < -0.3 is 10.6 Å². The highest BCUT2D eigenvalue weighted by atomic mass is 16.2. The van der Waals surface area contributed by atoms with Gasteiger partial charge in [0.05, 0.1) is 0 Å². The molecule has 0 aliphatic rings.